The number of H-pyrrole nitrogens is 1. The fourth-order valence-corrected chi connectivity index (χ4v) is 2.87. The molecule has 1 N–H and O–H groups in total. The van der Waals surface area contributed by atoms with Crippen LogP contribution in [-0.2, 0) is 11.3 Å². The van der Waals surface area contributed by atoms with Crippen LogP contribution in [0.3, 0.4) is 0 Å². The van der Waals surface area contributed by atoms with Crippen LogP contribution in [0.15, 0.2) is 35.1 Å². The van der Waals surface area contributed by atoms with Gasteiger partial charge in [-0.05, 0) is 37.6 Å². The third kappa shape index (κ3) is 2.36. The van der Waals surface area contributed by atoms with Gasteiger partial charge in [0.05, 0.1) is 19.4 Å². The number of aromatic nitrogens is 1. The summed E-state index contributed by atoms with van der Waals surface area (Å²) in [7, 11) is 1.37. The Bertz CT molecular complexity index is 574. The second-order valence-corrected chi connectivity index (χ2v) is 5.02. The first kappa shape index (κ1) is 13.0. The van der Waals surface area contributed by atoms with E-state index in [0.717, 1.165) is 24.9 Å². The molecule has 106 valence electrons. The molecule has 1 aliphatic heterocycles. The summed E-state index contributed by atoms with van der Waals surface area (Å²) in [6, 6.07) is 6.35. The van der Waals surface area contributed by atoms with E-state index in [1.807, 2.05) is 18.3 Å². The molecule has 0 amide bonds. The largest absolute Gasteiger partial charge is 0.463 e. The lowest BCUT2D eigenvalue weighted by Gasteiger charge is -2.23. The Balaban J connectivity index is 1.77. The van der Waals surface area contributed by atoms with Crippen LogP contribution in [0.1, 0.15) is 40.7 Å². The molecule has 5 heteroatoms. The van der Waals surface area contributed by atoms with Crippen LogP contribution < -0.4 is 0 Å². The second kappa shape index (κ2) is 5.54. The van der Waals surface area contributed by atoms with Crippen molar-refractivity contribution in [2.24, 2.45) is 0 Å². The Morgan fingerprint density at radius 1 is 1.55 bits per heavy atom. The van der Waals surface area contributed by atoms with Crippen LogP contribution >= 0.6 is 0 Å². The summed E-state index contributed by atoms with van der Waals surface area (Å²) in [6.45, 7) is 1.72. The Kier molecular flexibility index (Phi) is 3.60. The van der Waals surface area contributed by atoms with E-state index in [4.69, 9.17) is 9.15 Å². The van der Waals surface area contributed by atoms with Crippen molar-refractivity contribution < 1.29 is 13.9 Å². The Hall–Kier alpha value is -2.01. The molecule has 1 unspecified atom stereocenters. The lowest BCUT2D eigenvalue weighted by atomic mass is 10.1. The molecular formula is C15H18N2O3. The number of nitrogens with zero attached hydrogens (tertiary/aromatic N) is 1. The molecule has 5 nitrogen and oxygen atoms in total. The van der Waals surface area contributed by atoms with Gasteiger partial charge in [0, 0.05) is 24.0 Å². The highest BCUT2D eigenvalue weighted by molar-refractivity contribution is 5.87. The van der Waals surface area contributed by atoms with Crippen molar-refractivity contribution in [3.63, 3.8) is 0 Å². The van der Waals surface area contributed by atoms with Crippen molar-refractivity contribution in [3.05, 3.63) is 47.7 Å². The van der Waals surface area contributed by atoms with Gasteiger partial charge in [-0.25, -0.2) is 4.79 Å². The van der Waals surface area contributed by atoms with Crippen molar-refractivity contribution in [1.29, 1.82) is 0 Å². The van der Waals surface area contributed by atoms with E-state index in [0.29, 0.717) is 18.3 Å². The minimum atomic E-state index is -0.416. The maximum Gasteiger partial charge on any atom is 0.374 e. The average Bonchev–Trinajstić information content (AvgIpc) is 3.19. The summed E-state index contributed by atoms with van der Waals surface area (Å²) < 4.78 is 9.99. The lowest BCUT2D eigenvalue weighted by molar-refractivity contribution is 0.0561. The Morgan fingerprint density at radius 3 is 3.20 bits per heavy atom. The predicted molar refractivity (Wildman–Crippen MR) is 73.2 cm³/mol. The zero-order chi connectivity index (χ0) is 13.9. The number of hydrogen-bond donors (Lipinski definition) is 1. The number of aromatic amines is 1. The van der Waals surface area contributed by atoms with Crippen LogP contribution in [0.5, 0.6) is 0 Å². The molecule has 3 rings (SSSR count). The van der Waals surface area contributed by atoms with E-state index in [-0.39, 0.29) is 0 Å². The molecule has 0 aromatic carbocycles. The minimum absolute atomic E-state index is 0.310. The van der Waals surface area contributed by atoms with Gasteiger partial charge in [0.15, 0.2) is 0 Å². The monoisotopic (exact) mass is 274 g/mol. The topological polar surface area (TPSA) is 58.5 Å². The fraction of sp³-hybridized carbons (Fsp3) is 0.400. The summed E-state index contributed by atoms with van der Waals surface area (Å²) >= 11 is 0. The number of carbonyl (C=O) groups excluding carboxylic acids is 1. The average molecular weight is 274 g/mol. The van der Waals surface area contributed by atoms with Gasteiger partial charge < -0.3 is 14.1 Å². The molecule has 20 heavy (non-hydrogen) atoms. The molecular weight excluding hydrogens is 256 g/mol. The maximum atomic E-state index is 11.6. The van der Waals surface area contributed by atoms with Gasteiger partial charge in [-0.3, -0.25) is 4.90 Å². The number of nitrogens with one attached hydrogen (secondary N) is 1. The molecule has 2 aromatic heterocycles. The first-order valence-electron chi connectivity index (χ1n) is 6.81. The molecule has 0 saturated carbocycles. The number of methoxy groups -OCH3 is 1. The lowest BCUT2D eigenvalue weighted by Crippen LogP contribution is -2.23. The molecule has 1 aliphatic rings. The zero-order valence-electron chi connectivity index (χ0n) is 11.5. The number of rotatable bonds is 4. The molecule has 1 fully saturated rings. The zero-order valence-corrected chi connectivity index (χ0v) is 11.5. The highest BCUT2D eigenvalue weighted by Gasteiger charge is 2.28. The highest BCUT2D eigenvalue weighted by atomic mass is 16.5. The normalized spacial score (nSPS) is 19.4. The smallest absolute Gasteiger partial charge is 0.374 e. The molecule has 2 aromatic rings. The molecule has 0 aliphatic carbocycles. The van der Waals surface area contributed by atoms with E-state index < -0.39 is 5.97 Å². The van der Waals surface area contributed by atoms with E-state index >= 15 is 0 Å². The minimum Gasteiger partial charge on any atom is -0.463 e. The van der Waals surface area contributed by atoms with Crippen molar-refractivity contribution >= 4 is 5.97 Å². The SMILES string of the molecule is COC(=O)c1occc1CN1CCCC1c1ccc[nH]1. The number of esters is 1. The maximum absolute atomic E-state index is 11.6. The summed E-state index contributed by atoms with van der Waals surface area (Å²) in [5, 5.41) is 0. The Morgan fingerprint density at radius 2 is 2.45 bits per heavy atom. The third-order valence-corrected chi connectivity index (χ3v) is 3.84. The van der Waals surface area contributed by atoms with E-state index in [9.17, 15) is 4.79 Å². The first-order valence-corrected chi connectivity index (χ1v) is 6.81. The summed E-state index contributed by atoms with van der Waals surface area (Å²) in [5.74, 6) is -0.106. The summed E-state index contributed by atoms with van der Waals surface area (Å²) in [4.78, 5) is 17.3. The van der Waals surface area contributed by atoms with Crippen molar-refractivity contribution in [1.82, 2.24) is 9.88 Å². The van der Waals surface area contributed by atoms with Gasteiger partial charge in [-0.1, -0.05) is 0 Å². The quantitative estimate of drug-likeness (QED) is 0.871. The highest BCUT2D eigenvalue weighted by Crippen LogP contribution is 2.32. The van der Waals surface area contributed by atoms with Crippen LogP contribution in [0.25, 0.3) is 0 Å². The molecule has 1 atom stereocenters. The van der Waals surface area contributed by atoms with Crippen LogP contribution in [-0.4, -0.2) is 29.5 Å². The van der Waals surface area contributed by atoms with Crippen LogP contribution in [0.2, 0.25) is 0 Å². The molecule has 3 heterocycles. The van der Waals surface area contributed by atoms with Gasteiger partial charge in [0.1, 0.15) is 0 Å². The number of likely N-dealkylation sites (tertiary alicyclic amines) is 1. The molecule has 1 saturated heterocycles. The van der Waals surface area contributed by atoms with Crippen molar-refractivity contribution in [2.75, 3.05) is 13.7 Å². The number of ether oxygens (including phenoxy) is 1. The first-order chi connectivity index (χ1) is 9.79. The third-order valence-electron chi connectivity index (χ3n) is 3.84. The van der Waals surface area contributed by atoms with Crippen molar-refractivity contribution in [2.45, 2.75) is 25.4 Å². The van der Waals surface area contributed by atoms with Crippen LogP contribution in [0.4, 0.5) is 0 Å². The standard InChI is InChI=1S/C15H18N2O3/c1-19-15(18)14-11(6-9-20-14)10-17-8-3-5-13(17)12-4-2-7-16-12/h2,4,6-7,9,13,16H,3,5,8,10H2,1H3. The van der Waals surface area contributed by atoms with Gasteiger partial charge in [-0.15, -0.1) is 0 Å². The van der Waals surface area contributed by atoms with Gasteiger partial charge in [-0.2, -0.15) is 0 Å². The predicted octanol–water partition coefficient (Wildman–Crippen LogP) is 2.73. The van der Waals surface area contributed by atoms with Gasteiger partial charge in [0.2, 0.25) is 5.76 Å². The second-order valence-electron chi connectivity index (χ2n) is 5.02. The van der Waals surface area contributed by atoms with Crippen LogP contribution in [0, 0.1) is 0 Å². The van der Waals surface area contributed by atoms with E-state index in [1.54, 1.807) is 6.26 Å². The van der Waals surface area contributed by atoms with Crippen molar-refractivity contribution in [3.8, 4) is 0 Å². The van der Waals surface area contributed by atoms with E-state index in [1.165, 1.54) is 12.8 Å². The van der Waals surface area contributed by atoms with E-state index in [2.05, 4.69) is 16.0 Å². The number of furan rings is 1. The number of carbonyl (C=O) groups is 1. The molecule has 0 spiro atoms. The molecule has 0 radical (unpaired) electrons. The summed E-state index contributed by atoms with van der Waals surface area (Å²) in [5.41, 5.74) is 2.11. The fourth-order valence-electron chi connectivity index (χ4n) is 2.87. The van der Waals surface area contributed by atoms with Gasteiger partial charge >= 0.3 is 5.97 Å². The molecule has 0 bridgehead atoms. The van der Waals surface area contributed by atoms with Gasteiger partial charge in [0.25, 0.3) is 0 Å². The number of hydrogen-bond acceptors (Lipinski definition) is 4. The summed E-state index contributed by atoms with van der Waals surface area (Å²) in [6.07, 6.45) is 5.78. The Labute approximate surface area is 117 Å².